The third kappa shape index (κ3) is 3.70. The Morgan fingerprint density at radius 2 is 1.83 bits per heavy atom. The minimum Gasteiger partial charge on any atom is -0.497 e. The van der Waals surface area contributed by atoms with Gasteiger partial charge in [-0.3, -0.25) is 4.79 Å². The summed E-state index contributed by atoms with van der Waals surface area (Å²) in [6.07, 6.45) is 0.888. The first-order valence-corrected chi connectivity index (χ1v) is 8.83. The molecule has 0 aromatic heterocycles. The standard InChI is InChI=1S/C19H21NO2S/c1-14-3-5-15(6-4-14)11-12-20-18(21)13-23-19(20)16-7-9-17(22-2)10-8-16/h3-10,19H,11-13H2,1-2H3. The summed E-state index contributed by atoms with van der Waals surface area (Å²) >= 11 is 1.70. The maximum Gasteiger partial charge on any atom is 0.233 e. The monoisotopic (exact) mass is 327 g/mol. The Balaban J connectivity index is 1.70. The van der Waals surface area contributed by atoms with E-state index in [4.69, 9.17) is 4.74 Å². The second kappa shape index (κ2) is 7.09. The van der Waals surface area contributed by atoms with Crippen LogP contribution in [0.1, 0.15) is 22.1 Å². The first-order valence-electron chi connectivity index (χ1n) is 7.78. The molecule has 0 spiro atoms. The van der Waals surface area contributed by atoms with Crippen LogP contribution in [0.4, 0.5) is 0 Å². The van der Waals surface area contributed by atoms with Gasteiger partial charge in [-0.05, 0) is 36.6 Å². The van der Waals surface area contributed by atoms with Crippen LogP contribution in [-0.4, -0.2) is 30.2 Å². The van der Waals surface area contributed by atoms with E-state index in [0.717, 1.165) is 24.3 Å². The molecule has 0 N–H and O–H groups in total. The molecule has 23 heavy (non-hydrogen) atoms. The van der Waals surface area contributed by atoms with Crippen molar-refractivity contribution in [1.82, 2.24) is 4.90 Å². The van der Waals surface area contributed by atoms with Gasteiger partial charge in [0.1, 0.15) is 11.1 Å². The predicted molar refractivity (Wildman–Crippen MR) is 94.8 cm³/mol. The van der Waals surface area contributed by atoms with Crippen molar-refractivity contribution >= 4 is 17.7 Å². The smallest absolute Gasteiger partial charge is 0.233 e. The van der Waals surface area contributed by atoms with Crippen molar-refractivity contribution in [2.45, 2.75) is 18.7 Å². The van der Waals surface area contributed by atoms with Crippen LogP contribution in [0.25, 0.3) is 0 Å². The Kier molecular flexibility index (Phi) is 4.91. The molecule has 1 aliphatic rings. The third-order valence-corrected chi connectivity index (χ3v) is 5.39. The molecule has 1 fully saturated rings. The number of nitrogens with zero attached hydrogens (tertiary/aromatic N) is 1. The van der Waals surface area contributed by atoms with E-state index in [1.54, 1.807) is 18.9 Å². The molecule has 1 heterocycles. The number of aryl methyl sites for hydroxylation is 1. The molecule has 0 bridgehead atoms. The molecule has 1 saturated heterocycles. The molecule has 1 atom stereocenters. The van der Waals surface area contributed by atoms with Crippen LogP contribution < -0.4 is 4.74 Å². The molecule has 3 rings (SSSR count). The summed E-state index contributed by atoms with van der Waals surface area (Å²) < 4.78 is 5.21. The largest absolute Gasteiger partial charge is 0.497 e. The van der Waals surface area contributed by atoms with Gasteiger partial charge >= 0.3 is 0 Å². The van der Waals surface area contributed by atoms with Crippen molar-refractivity contribution < 1.29 is 9.53 Å². The molecule has 2 aromatic rings. The van der Waals surface area contributed by atoms with E-state index in [-0.39, 0.29) is 11.3 Å². The number of amides is 1. The maximum absolute atomic E-state index is 12.2. The number of carbonyl (C=O) groups is 1. The summed E-state index contributed by atoms with van der Waals surface area (Å²) in [6.45, 7) is 2.84. The van der Waals surface area contributed by atoms with Crippen LogP contribution in [-0.2, 0) is 11.2 Å². The minimum atomic E-state index is 0.110. The summed E-state index contributed by atoms with van der Waals surface area (Å²) in [6, 6.07) is 16.5. The molecule has 0 radical (unpaired) electrons. The summed E-state index contributed by atoms with van der Waals surface area (Å²) in [5, 5.41) is 0.110. The van der Waals surface area contributed by atoms with E-state index >= 15 is 0 Å². The van der Waals surface area contributed by atoms with E-state index in [1.807, 2.05) is 29.2 Å². The van der Waals surface area contributed by atoms with Gasteiger partial charge in [-0.2, -0.15) is 0 Å². The highest BCUT2D eigenvalue weighted by atomic mass is 32.2. The minimum absolute atomic E-state index is 0.110. The predicted octanol–water partition coefficient (Wildman–Crippen LogP) is 3.82. The van der Waals surface area contributed by atoms with Gasteiger partial charge < -0.3 is 9.64 Å². The van der Waals surface area contributed by atoms with Crippen LogP contribution in [0.5, 0.6) is 5.75 Å². The molecule has 3 nitrogen and oxygen atoms in total. The molecule has 1 unspecified atom stereocenters. The van der Waals surface area contributed by atoms with E-state index in [0.29, 0.717) is 5.75 Å². The molecule has 4 heteroatoms. The Morgan fingerprint density at radius 1 is 1.13 bits per heavy atom. The fourth-order valence-corrected chi connectivity index (χ4v) is 3.96. The van der Waals surface area contributed by atoms with Crippen molar-refractivity contribution in [2.24, 2.45) is 0 Å². The zero-order chi connectivity index (χ0) is 16.2. The van der Waals surface area contributed by atoms with Gasteiger partial charge in [0.05, 0.1) is 12.9 Å². The zero-order valence-electron chi connectivity index (χ0n) is 13.5. The quantitative estimate of drug-likeness (QED) is 0.836. The van der Waals surface area contributed by atoms with E-state index in [9.17, 15) is 4.79 Å². The number of rotatable bonds is 5. The molecule has 2 aromatic carbocycles. The molecule has 0 saturated carbocycles. The van der Waals surface area contributed by atoms with E-state index in [2.05, 4.69) is 31.2 Å². The Bertz CT molecular complexity index is 667. The van der Waals surface area contributed by atoms with Gasteiger partial charge in [0, 0.05) is 6.54 Å². The summed E-state index contributed by atoms with van der Waals surface area (Å²) in [5.74, 6) is 1.63. The first kappa shape index (κ1) is 15.9. The Labute approximate surface area is 141 Å². The number of hydrogen-bond donors (Lipinski definition) is 0. The highest BCUT2D eigenvalue weighted by Crippen LogP contribution is 2.39. The van der Waals surface area contributed by atoms with Crippen LogP contribution in [0.3, 0.4) is 0 Å². The van der Waals surface area contributed by atoms with Gasteiger partial charge in [0.25, 0.3) is 0 Å². The maximum atomic E-state index is 12.2. The highest BCUT2D eigenvalue weighted by Gasteiger charge is 2.32. The average molecular weight is 327 g/mol. The summed E-state index contributed by atoms with van der Waals surface area (Å²) in [7, 11) is 1.66. The average Bonchev–Trinajstić information content (AvgIpc) is 2.95. The van der Waals surface area contributed by atoms with Gasteiger partial charge in [-0.1, -0.05) is 42.0 Å². The molecule has 1 amide bonds. The second-order valence-electron chi connectivity index (χ2n) is 5.76. The van der Waals surface area contributed by atoms with Gasteiger partial charge in [-0.25, -0.2) is 0 Å². The number of ether oxygens (including phenoxy) is 1. The normalized spacial score (nSPS) is 17.6. The Hall–Kier alpha value is -1.94. The van der Waals surface area contributed by atoms with Crippen molar-refractivity contribution in [3.8, 4) is 5.75 Å². The number of thioether (sulfide) groups is 1. The summed E-state index contributed by atoms with van der Waals surface area (Å²) in [4.78, 5) is 14.2. The van der Waals surface area contributed by atoms with Crippen molar-refractivity contribution in [3.05, 3.63) is 65.2 Å². The van der Waals surface area contributed by atoms with Gasteiger partial charge in [-0.15, -0.1) is 11.8 Å². The molecular formula is C19H21NO2S. The van der Waals surface area contributed by atoms with Gasteiger partial charge in [0.2, 0.25) is 5.91 Å². The van der Waals surface area contributed by atoms with Crippen molar-refractivity contribution in [3.63, 3.8) is 0 Å². The molecule has 0 aliphatic carbocycles. The molecular weight excluding hydrogens is 306 g/mol. The first-order chi connectivity index (χ1) is 11.2. The molecule has 120 valence electrons. The summed E-state index contributed by atoms with van der Waals surface area (Å²) in [5.41, 5.74) is 3.69. The SMILES string of the molecule is COc1ccc(C2SCC(=O)N2CCc2ccc(C)cc2)cc1. The van der Waals surface area contributed by atoms with Crippen LogP contribution >= 0.6 is 11.8 Å². The van der Waals surface area contributed by atoms with E-state index < -0.39 is 0 Å². The fraction of sp³-hybridized carbons (Fsp3) is 0.316. The van der Waals surface area contributed by atoms with Crippen molar-refractivity contribution in [2.75, 3.05) is 19.4 Å². The lowest BCUT2D eigenvalue weighted by molar-refractivity contribution is -0.128. The lowest BCUT2D eigenvalue weighted by Gasteiger charge is -2.24. The highest BCUT2D eigenvalue weighted by molar-refractivity contribution is 8.00. The number of benzene rings is 2. The number of methoxy groups -OCH3 is 1. The van der Waals surface area contributed by atoms with Crippen molar-refractivity contribution in [1.29, 1.82) is 0 Å². The number of carbonyl (C=O) groups excluding carboxylic acids is 1. The molecule has 1 aliphatic heterocycles. The number of hydrogen-bond acceptors (Lipinski definition) is 3. The fourth-order valence-electron chi connectivity index (χ4n) is 2.74. The van der Waals surface area contributed by atoms with Crippen LogP contribution in [0.15, 0.2) is 48.5 Å². The van der Waals surface area contributed by atoms with Crippen LogP contribution in [0, 0.1) is 6.92 Å². The topological polar surface area (TPSA) is 29.5 Å². The van der Waals surface area contributed by atoms with Crippen LogP contribution in [0.2, 0.25) is 0 Å². The lowest BCUT2D eigenvalue weighted by atomic mass is 10.1. The van der Waals surface area contributed by atoms with E-state index in [1.165, 1.54) is 11.1 Å². The van der Waals surface area contributed by atoms with Gasteiger partial charge in [0.15, 0.2) is 0 Å². The zero-order valence-corrected chi connectivity index (χ0v) is 14.3. The lowest BCUT2D eigenvalue weighted by Crippen LogP contribution is -2.30. The third-order valence-electron chi connectivity index (χ3n) is 4.13. The Morgan fingerprint density at radius 3 is 2.48 bits per heavy atom. The second-order valence-corrected chi connectivity index (χ2v) is 6.83.